The Morgan fingerprint density at radius 2 is 1.59 bits per heavy atom. The third-order valence-electron chi connectivity index (χ3n) is 4.87. The molecule has 2 N–H and O–H groups in total. The van der Waals surface area contributed by atoms with Gasteiger partial charge in [0.25, 0.3) is 0 Å². The average Bonchev–Trinajstić information content (AvgIpc) is 3.09. The number of pyridine rings is 1. The Morgan fingerprint density at radius 1 is 0.931 bits per heavy atom. The zero-order valence-corrected chi connectivity index (χ0v) is 17.4. The first-order valence-electron chi connectivity index (χ1n) is 10.4. The zero-order valence-electron chi connectivity index (χ0n) is 17.4. The van der Waals surface area contributed by atoms with E-state index in [0.29, 0.717) is 5.82 Å². The molecule has 0 fully saturated rings. The Morgan fingerprint density at radius 3 is 2.17 bits per heavy atom. The Bertz CT molecular complexity index is 1010. The Balaban J connectivity index is 0.000000431. The van der Waals surface area contributed by atoms with Crippen LogP contribution in [0.15, 0.2) is 72.9 Å². The van der Waals surface area contributed by atoms with Gasteiger partial charge in [-0.25, -0.2) is 9.97 Å². The predicted octanol–water partition coefficient (Wildman–Crippen LogP) is 5.03. The van der Waals surface area contributed by atoms with Crippen molar-refractivity contribution < 1.29 is 0 Å². The molecule has 0 spiro atoms. The van der Waals surface area contributed by atoms with Crippen molar-refractivity contribution in [2.45, 2.75) is 37.8 Å². The van der Waals surface area contributed by atoms with Crippen LogP contribution in [0.3, 0.4) is 0 Å². The number of benzene rings is 2. The molecule has 0 saturated carbocycles. The molecule has 4 rings (SSSR count). The van der Waals surface area contributed by atoms with Crippen molar-refractivity contribution in [2.75, 3.05) is 5.73 Å². The monoisotopic (exact) mass is 378 g/mol. The number of rotatable bonds is 6. The molecule has 4 aromatic rings. The fourth-order valence-corrected chi connectivity index (χ4v) is 3.33. The number of fused-ring (bicyclic) bond motifs is 1. The van der Waals surface area contributed by atoms with Crippen LogP contribution in [0.4, 0.5) is 5.82 Å². The van der Waals surface area contributed by atoms with E-state index in [4.69, 9.17) is 10.7 Å². The summed E-state index contributed by atoms with van der Waals surface area (Å²) in [5, 5.41) is 1.34. The third kappa shape index (κ3) is 5.73. The van der Waals surface area contributed by atoms with Gasteiger partial charge in [0.05, 0.1) is 5.52 Å². The molecule has 0 aliphatic rings. The molecule has 2 aromatic heterocycles. The second kappa shape index (κ2) is 10.9. The molecule has 4 nitrogen and oxygen atoms in total. The van der Waals surface area contributed by atoms with Crippen LogP contribution in [-0.2, 0) is 13.0 Å². The van der Waals surface area contributed by atoms with E-state index in [1.165, 1.54) is 29.1 Å². The van der Waals surface area contributed by atoms with E-state index in [0.717, 1.165) is 29.8 Å². The predicted molar refractivity (Wildman–Crippen MR) is 122 cm³/mol. The van der Waals surface area contributed by atoms with Crippen LogP contribution in [0.2, 0.25) is 5.09 Å². The van der Waals surface area contributed by atoms with Crippen molar-refractivity contribution in [3.05, 3.63) is 89.9 Å². The van der Waals surface area contributed by atoms with Crippen LogP contribution >= 0.6 is 0 Å². The molecular formula is C24H27LiN4. The van der Waals surface area contributed by atoms with E-state index in [2.05, 4.69) is 82.7 Å². The number of hydrogen-bond acceptors (Lipinski definition) is 3. The molecule has 0 bridgehead atoms. The average molecular weight is 378 g/mol. The summed E-state index contributed by atoms with van der Waals surface area (Å²) >= 11 is 2.21. The fourth-order valence-electron chi connectivity index (χ4n) is 3.33. The van der Waals surface area contributed by atoms with Crippen LogP contribution in [0.5, 0.6) is 0 Å². The van der Waals surface area contributed by atoms with Crippen LogP contribution < -0.4 is 5.73 Å². The molecule has 0 aliphatic heterocycles. The summed E-state index contributed by atoms with van der Waals surface area (Å²) in [5.74, 6) is 1.48. The summed E-state index contributed by atoms with van der Waals surface area (Å²) in [7, 11) is 0. The topological polar surface area (TPSA) is 56.7 Å². The van der Waals surface area contributed by atoms with E-state index in [-0.39, 0.29) is 0 Å². The Kier molecular flexibility index (Phi) is 7.92. The van der Waals surface area contributed by atoms with Gasteiger partial charge in [0.2, 0.25) is 0 Å². The van der Waals surface area contributed by atoms with Crippen molar-refractivity contribution in [1.82, 2.24) is 14.5 Å². The summed E-state index contributed by atoms with van der Waals surface area (Å²) in [6, 6.07) is 22.7. The molecule has 0 aliphatic carbocycles. The van der Waals surface area contributed by atoms with Crippen molar-refractivity contribution in [1.29, 1.82) is 0 Å². The summed E-state index contributed by atoms with van der Waals surface area (Å²) in [4.78, 5) is 8.96. The van der Waals surface area contributed by atoms with Crippen LogP contribution in [0.1, 0.15) is 36.7 Å². The van der Waals surface area contributed by atoms with E-state index in [1.54, 1.807) is 6.20 Å². The van der Waals surface area contributed by atoms with Crippen LogP contribution in [0.25, 0.3) is 11.0 Å². The van der Waals surface area contributed by atoms with E-state index >= 15 is 0 Å². The van der Waals surface area contributed by atoms with Gasteiger partial charge < -0.3 is 10.3 Å². The normalized spacial score (nSPS) is 10.6. The van der Waals surface area contributed by atoms with Crippen molar-refractivity contribution in [3.8, 4) is 0 Å². The van der Waals surface area contributed by atoms with Crippen molar-refractivity contribution >= 4 is 34.6 Å². The van der Waals surface area contributed by atoms with Gasteiger partial charge in [-0.3, -0.25) is 0 Å². The summed E-state index contributed by atoms with van der Waals surface area (Å²) < 4.78 is 2.23. The van der Waals surface area contributed by atoms with E-state index in [9.17, 15) is 0 Å². The first kappa shape index (κ1) is 21.2. The number of nitrogens with zero attached hydrogens (tertiary/aromatic N) is 3. The molecule has 0 unspecified atom stereocenters. The number of imidazole rings is 1. The first-order chi connectivity index (χ1) is 14.2. The summed E-state index contributed by atoms with van der Waals surface area (Å²) in [5.41, 5.74) is 10.3. The van der Waals surface area contributed by atoms with Crippen LogP contribution in [0, 0.1) is 0 Å². The van der Waals surface area contributed by atoms with Gasteiger partial charge in [-0.05, 0) is 17.2 Å². The van der Waals surface area contributed by atoms with Gasteiger partial charge in [0, 0.05) is 19.2 Å². The molecule has 0 amide bonds. The van der Waals surface area contributed by atoms with Crippen molar-refractivity contribution in [3.63, 3.8) is 0 Å². The van der Waals surface area contributed by atoms with Gasteiger partial charge in [0.15, 0.2) is 5.82 Å². The molecule has 29 heavy (non-hydrogen) atoms. The minimum atomic E-state index is 0.480. The summed E-state index contributed by atoms with van der Waals surface area (Å²) in [6.45, 7) is 2.98. The minimum absolute atomic E-state index is 0.480. The number of nitrogen functional groups attached to an aromatic ring is 1. The van der Waals surface area contributed by atoms with Gasteiger partial charge >= 0.3 is 42.6 Å². The SMILES string of the molecule is Nc1nccc2c1nc(Cc1ccccc1)n2Cc1ccccc1.[Li][CH2]CCC. The van der Waals surface area contributed by atoms with Gasteiger partial charge in [0.1, 0.15) is 11.3 Å². The molecule has 0 radical (unpaired) electrons. The van der Waals surface area contributed by atoms with Gasteiger partial charge in [-0.15, -0.1) is 0 Å². The second-order valence-electron chi connectivity index (χ2n) is 7.18. The summed E-state index contributed by atoms with van der Waals surface area (Å²) in [6.07, 6.45) is 5.24. The maximum atomic E-state index is 6.04. The van der Waals surface area contributed by atoms with Gasteiger partial charge in [-0.2, -0.15) is 0 Å². The second-order valence-corrected chi connectivity index (χ2v) is 7.18. The van der Waals surface area contributed by atoms with E-state index < -0.39 is 0 Å². The maximum absolute atomic E-state index is 6.04. The number of anilines is 1. The number of aromatic nitrogens is 3. The van der Waals surface area contributed by atoms with E-state index in [1.807, 2.05) is 18.2 Å². The molecule has 144 valence electrons. The molecule has 0 atom stereocenters. The fraction of sp³-hybridized carbons (Fsp3) is 0.250. The molecular weight excluding hydrogens is 351 g/mol. The third-order valence-corrected chi connectivity index (χ3v) is 4.87. The van der Waals surface area contributed by atoms with Crippen LogP contribution in [-0.4, -0.2) is 32.3 Å². The molecule has 5 heteroatoms. The number of hydrogen-bond donors (Lipinski definition) is 1. The number of unbranched alkanes of at least 4 members (excludes halogenated alkanes) is 1. The van der Waals surface area contributed by atoms with Crippen molar-refractivity contribution in [2.24, 2.45) is 0 Å². The van der Waals surface area contributed by atoms with Gasteiger partial charge in [-0.1, -0.05) is 60.7 Å². The Hall–Kier alpha value is -2.54. The molecule has 2 aromatic carbocycles. The number of nitrogens with two attached hydrogens (primary N) is 1. The molecule has 2 heterocycles. The zero-order chi connectivity index (χ0) is 20.5. The molecule has 0 saturated heterocycles. The first-order valence-corrected chi connectivity index (χ1v) is 10.4. The Labute approximate surface area is 182 Å². The quantitative estimate of drug-likeness (QED) is 0.479. The standard InChI is InChI=1S/C20H18N4.C4H9.Li/c21-20-19-17(11-12-22-20)24(14-16-9-5-2-6-10-16)18(23-19)13-15-7-3-1-4-8-15;1-3-4-2;/h1-12H,13-14H2,(H2,21,22);1,3-4H2,2H3;.